The van der Waals surface area contributed by atoms with Gasteiger partial charge in [0.05, 0.1) is 38.5 Å². The second kappa shape index (κ2) is 10.6. The van der Waals surface area contributed by atoms with E-state index in [-0.39, 0.29) is 16.6 Å². The van der Waals surface area contributed by atoms with Crippen LogP contribution in [0.25, 0.3) is 0 Å². The maximum atomic E-state index is 14.1. The monoisotopic (exact) mass is 436 g/mol. The Bertz CT molecular complexity index is 874. The van der Waals surface area contributed by atoms with Crippen LogP contribution in [0.3, 0.4) is 0 Å². The maximum absolute atomic E-state index is 14.1. The highest BCUT2D eigenvalue weighted by atomic mass is 35.5. The number of carbonyl (C=O) groups is 1. The van der Waals surface area contributed by atoms with Crippen molar-refractivity contribution in [1.82, 2.24) is 10.2 Å². The normalized spacial score (nSPS) is 15.5. The van der Waals surface area contributed by atoms with Crippen molar-refractivity contribution < 1.29 is 23.4 Å². The molecule has 1 aliphatic heterocycles. The molecule has 0 aromatic heterocycles. The molecular weight excluding hydrogens is 411 g/mol. The van der Waals surface area contributed by atoms with E-state index in [9.17, 15) is 9.18 Å². The molecule has 1 amide bonds. The van der Waals surface area contributed by atoms with Crippen LogP contribution >= 0.6 is 11.6 Å². The van der Waals surface area contributed by atoms with E-state index < -0.39 is 11.7 Å². The molecule has 1 fully saturated rings. The van der Waals surface area contributed by atoms with E-state index in [1.807, 2.05) is 25.1 Å². The van der Waals surface area contributed by atoms with Gasteiger partial charge in [0.1, 0.15) is 5.82 Å². The average Bonchev–Trinajstić information content (AvgIpc) is 2.75. The summed E-state index contributed by atoms with van der Waals surface area (Å²) in [4.78, 5) is 14.8. The summed E-state index contributed by atoms with van der Waals surface area (Å²) in [5, 5.41) is 3.10. The molecule has 6 nitrogen and oxygen atoms in total. The van der Waals surface area contributed by atoms with Crippen LogP contribution in [0.2, 0.25) is 5.02 Å². The second-order valence-corrected chi connectivity index (χ2v) is 7.28. The number of hydrogen-bond donors (Lipinski definition) is 1. The number of halogens is 2. The first-order valence-electron chi connectivity index (χ1n) is 9.89. The number of benzene rings is 2. The van der Waals surface area contributed by atoms with E-state index in [0.29, 0.717) is 37.9 Å². The molecule has 1 saturated heterocycles. The molecule has 0 bridgehead atoms. The largest absolute Gasteiger partial charge is 0.493 e. The van der Waals surface area contributed by atoms with Gasteiger partial charge in [0.25, 0.3) is 5.91 Å². The van der Waals surface area contributed by atoms with Crippen LogP contribution in [0.1, 0.15) is 28.9 Å². The van der Waals surface area contributed by atoms with Gasteiger partial charge in [-0.15, -0.1) is 0 Å². The Kier molecular flexibility index (Phi) is 7.90. The number of nitrogens with one attached hydrogen (secondary N) is 1. The van der Waals surface area contributed by atoms with Crippen LogP contribution in [0.4, 0.5) is 4.39 Å². The molecule has 0 saturated carbocycles. The fourth-order valence-corrected chi connectivity index (χ4v) is 3.63. The van der Waals surface area contributed by atoms with Gasteiger partial charge in [-0.1, -0.05) is 17.7 Å². The predicted octanol–water partition coefficient (Wildman–Crippen LogP) is 3.69. The topological polar surface area (TPSA) is 60.0 Å². The highest BCUT2D eigenvalue weighted by molar-refractivity contribution is 6.30. The first-order chi connectivity index (χ1) is 14.5. The van der Waals surface area contributed by atoms with E-state index >= 15 is 0 Å². The number of morpholine rings is 1. The minimum Gasteiger partial charge on any atom is -0.493 e. The summed E-state index contributed by atoms with van der Waals surface area (Å²) in [5.41, 5.74) is 0.929. The van der Waals surface area contributed by atoms with Crippen molar-refractivity contribution in [3.63, 3.8) is 0 Å². The fourth-order valence-electron chi connectivity index (χ4n) is 3.47. The van der Waals surface area contributed by atoms with E-state index in [1.165, 1.54) is 12.1 Å². The number of nitrogens with zero attached hydrogens (tertiary/aromatic N) is 1. The lowest BCUT2D eigenvalue weighted by atomic mass is 10.0. The van der Waals surface area contributed by atoms with Crippen molar-refractivity contribution in [2.45, 2.75) is 13.0 Å². The number of amides is 1. The summed E-state index contributed by atoms with van der Waals surface area (Å²) >= 11 is 5.78. The lowest BCUT2D eigenvalue weighted by molar-refractivity contribution is 0.0161. The molecule has 1 N–H and O–H groups in total. The summed E-state index contributed by atoms with van der Waals surface area (Å²) < 4.78 is 30.7. The van der Waals surface area contributed by atoms with E-state index in [0.717, 1.165) is 24.7 Å². The summed E-state index contributed by atoms with van der Waals surface area (Å²) in [6.45, 7) is 5.43. The van der Waals surface area contributed by atoms with Gasteiger partial charge >= 0.3 is 0 Å². The number of methoxy groups -OCH3 is 1. The van der Waals surface area contributed by atoms with Crippen molar-refractivity contribution >= 4 is 17.5 Å². The summed E-state index contributed by atoms with van der Waals surface area (Å²) in [7, 11) is 1.59. The standard InChI is InChI=1S/C22H26ClFN2O4/c1-3-30-20-7-4-15(12-21(20)28-2)19(26-8-10-29-11-9-26)14-25-22(27)17-6-5-16(23)13-18(17)24/h4-7,12-13,19H,3,8-11,14H2,1-2H3,(H,25,27). The average molecular weight is 437 g/mol. The zero-order valence-electron chi connectivity index (χ0n) is 17.1. The number of carbonyl (C=O) groups excluding carboxylic acids is 1. The van der Waals surface area contributed by atoms with Crippen molar-refractivity contribution in [3.05, 3.63) is 58.4 Å². The third kappa shape index (κ3) is 5.41. The zero-order valence-corrected chi connectivity index (χ0v) is 17.9. The van der Waals surface area contributed by atoms with Crippen molar-refractivity contribution in [1.29, 1.82) is 0 Å². The molecule has 1 aliphatic rings. The fraction of sp³-hybridized carbons (Fsp3) is 0.409. The van der Waals surface area contributed by atoms with Gasteiger partial charge < -0.3 is 19.5 Å². The van der Waals surface area contributed by atoms with Crippen LogP contribution in [0, 0.1) is 5.82 Å². The molecular formula is C22H26ClFN2O4. The van der Waals surface area contributed by atoms with Gasteiger partial charge in [0.2, 0.25) is 0 Å². The molecule has 2 aromatic carbocycles. The molecule has 2 aromatic rings. The zero-order chi connectivity index (χ0) is 21.5. The van der Waals surface area contributed by atoms with Crippen LogP contribution in [0.5, 0.6) is 11.5 Å². The van der Waals surface area contributed by atoms with E-state index in [4.69, 9.17) is 25.8 Å². The van der Waals surface area contributed by atoms with Crippen LogP contribution in [0.15, 0.2) is 36.4 Å². The van der Waals surface area contributed by atoms with Crippen LogP contribution in [-0.4, -0.2) is 57.4 Å². The van der Waals surface area contributed by atoms with Gasteiger partial charge in [-0.2, -0.15) is 0 Å². The Hall–Kier alpha value is -2.35. The van der Waals surface area contributed by atoms with Gasteiger partial charge in [0.15, 0.2) is 11.5 Å². The molecule has 30 heavy (non-hydrogen) atoms. The summed E-state index contributed by atoms with van der Waals surface area (Å²) in [6, 6.07) is 9.63. The Labute approximate surface area is 180 Å². The number of hydrogen-bond acceptors (Lipinski definition) is 5. The van der Waals surface area contributed by atoms with Crippen molar-refractivity contribution in [2.24, 2.45) is 0 Å². The summed E-state index contributed by atoms with van der Waals surface area (Å²) in [5.74, 6) is 0.158. The Morgan fingerprint density at radius 3 is 2.67 bits per heavy atom. The van der Waals surface area contributed by atoms with Gasteiger partial charge in [-0.3, -0.25) is 9.69 Å². The molecule has 8 heteroatoms. The Morgan fingerprint density at radius 1 is 1.23 bits per heavy atom. The maximum Gasteiger partial charge on any atom is 0.254 e. The smallest absolute Gasteiger partial charge is 0.254 e. The molecule has 3 rings (SSSR count). The predicted molar refractivity (Wildman–Crippen MR) is 113 cm³/mol. The quantitative estimate of drug-likeness (QED) is 0.684. The third-order valence-corrected chi connectivity index (χ3v) is 5.23. The lowest BCUT2D eigenvalue weighted by Gasteiger charge is -2.35. The minimum absolute atomic E-state index is 0.0376. The lowest BCUT2D eigenvalue weighted by Crippen LogP contribution is -2.44. The van der Waals surface area contributed by atoms with Crippen molar-refractivity contribution in [3.8, 4) is 11.5 Å². The highest BCUT2D eigenvalue weighted by Gasteiger charge is 2.25. The molecule has 1 heterocycles. The second-order valence-electron chi connectivity index (χ2n) is 6.84. The van der Waals surface area contributed by atoms with Crippen molar-refractivity contribution in [2.75, 3.05) is 46.6 Å². The first-order valence-corrected chi connectivity index (χ1v) is 10.3. The van der Waals surface area contributed by atoms with Gasteiger partial charge in [0, 0.05) is 24.7 Å². The van der Waals surface area contributed by atoms with E-state index in [2.05, 4.69) is 10.2 Å². The number of ether oxygens (including phenoxy) is 3. The molecule has 0 aliphatic carbocycles. The van der Waals surface area contributed by atoms with Crippen LogP contribution in [-0.2, 0) is 4.74 Å². The molecule has 0 radical (unpaired) electrons. The van der Waals surface area contributed by atoms with E-state index in [1.54, 1.807) is 7.11 Å². The minimum atomic E-state index is -0.648. The van der Waals surface area contributed by atoms with Gasteiger partial charge in [-0.25, -0.2) is 4.39 Å². The molecule has 0 spiro atoms. The SMILES string of the molecule is CCOc1ccc(C(CNC(=O)c2ccc(Cl)cc2F)N2CCOCC2)cc1OC. The molecule has 162 valence electrons. The van der Waals surface area contributed by atoms with Crippen LogP contribution < -0.4 is 14.8 Å². The molecule has 1 atom stereocenters. The highest BCUT2D eigenvalue weighted by Crippen LogP contribution is 2.32. The number of rotatable bonds is 8. The van der Waals surface area contributed by atoms with Gasteiger partial charge in [-0.05, 0) is 42.8 Å². The Balaban J connectivity index is 1.81. The third-order valence-electron chi connectivity index (χ3n) is 4.99. The summed E-state index contributed by atoms with van der Waals surface area (Å²) in [6.07, 6.45) is 0. The first kappa shape index (κ1) is 22.3. The Morgan fingerprint density at radius 2 is 2.00 bits per heavy atom. The molecule has 1 unspecified atom stereocenters.